The van der Waals surface area contributed by atoms with Crippen LogP contribution in [0.2, 0.25) is 0 Å². The molecule has 1 aromatic heterocycles. The van der Waals surface area contributed by atoms with Crippen molar-refractivity contribution in [1.29, 1.82) is 0 Å². The second kappa shape index (κ2) is 10.4. The van der Waals surface area contributed by atoms with Crippen molar-refractivity contribution in [3.8, 4) is 0 Å². The van der Waals surface area contributed by atoms with Crippen molar-refractivity contribution in [3.05, 3.63) is 47.7 Å². The molecule has 0 fully saturated rings. The summed E-state index contributed by atoms with van der Waals surface area (Å²) in [5, 5.41) is 6.17. The van der Waals surface area contributed by atoms with E-state index in [1.54, 1.807) is 32.9 Å². The Labute approximate surface area is 197 Å². The van der Waals surface area contributed by atoms with Gasteiger partial charge in [-0.2, -0.15) is 13.2 Å². The molecule has 1 unspecified atom stereocenters. The first-order chi connectivity index (χ1) is 15.9. The quantitative estimate of drug-likeness (QED) is 0.529. The van der Waals surface area contributed by atoms with Gasteiger partial charge in [-0.1, -0.05) is 24.3 Å². The van der Waals surface area contributed by atoms with Crippen molar-refractivity contribution in [1.82, 2.24) is 15.6 Å². The average Bonchev–Trinajstić information content (AvgIpc) is 2.76. The summed E-state index contributed by atoms with van der Waals surface area (Å²) >= 11 is 0. The minimum atomic E-state index is -4.17. The van der Waals surface area contributed by atoms with Crippen LogP contribution in [-0.2, 0) is 4.74 Å². The minimum Gasteiger partial charge on any atom is -0.444 e. The van der Waals surface area contributed by atoms with Crippen molar-refractivity contribution in [2.75, 3.05) is 13.1 Å². The lowest BCUT2D eigenvalue weighted by molar-refractivity contribution is -0.175. The van der Waals surface area contributed by atoms with Crippen molar-refractivity contribution in [2.24, 2.45) is 5.92 Å². The van der Waals surface area contributed by atoms with Crippen LogP contribution < -0.4 is 10.6 Å². The minimum absolute atomic E-state index is 0.0293. The van der Waals surface area contributed by atoms with Crippen LogP contribution in [0.15, 0.2) is 36.5 Å². The molecular weight excluding hydrogens is 447 g/mol. The number of pyridine rings is 1. The largest absolute Gasteiger partial charge is 0.444 e. The summed E-state index contributed by atoms with van der Waals surface area (Å²) in [4.78, 5) is 28.6. The molecule has 1 aliphatic rings. The third-order valence-electron chi connectivity index (χ3n) is 5.50. The number of alkyl carbamates (subject to hydrolysis) is 1. The topological polar surface area (TPSA) is 80.3 Å². The van der Waals surface area contributed by atoms with Crippen LogP contribution in [0.3, 0.4) is 0 Å². The van der Waals surface area contributed by atoms with Gasteiger partial charge in [-0.3, -0.25) is 9.78 Å². The zero-order chi connectivity index (χ0) is 24.9. The number of nitrogens with one attached hydrogen (secondary N) is 2. The molecule has 0 spiro atoms. The number of carbonyl (C=O) groups is 2. The van der Waals surface area contributed by atoms with Gasteiger partial charge in [-0.25, -0.2) is 4.79 Å². The number of para-hydroxylation sites is 1. The number of halogens is 3. The molecule has 0 saturated heterocycles. The fraction of sp³-hybridized carbons (Fsp3) is 0.480. The van der Waals surface area contributed by atoms with Crippen molar-refractivity contribution in [2.45, 2.75) is 58.2 Å². The molecule has 2 aromatic rings. The first-order valence-corrected chi connectivity index (χ1v) is 11.3. The number of carbonyl (C=O) groups excluding carboxylic acids is 2. The zero-order valence-corrected chi connectivity index (χ0v) is 19.6. The molecule has 2 N–H and O–H groups in total. The molecule has 2 amide bonds. The number of hydrogen-bond donors (Lipinski definition) is 2. The Balaban J connectivity index is 1.58. The summed E-state index contributed by atoms with van der Waals surface area (Å²) in [5.41, 5.74) is 2.14. The highest BCUT2D eigenvalue weighted by Gasteiger charge is 2.39. The fourth-order valence-corrected chi connectivity index (χ4v) is 3.82. The van der Waals surface area contributed by atoms with Crippen LogP contribution >= 0.6 is 0 Å². The Morgan fingerprint density at radius 1 is 1.15 bits per heavy atom. The highest BCUT2D eigenvalue weighted by Crippen LogP contribution is 2.40. The van der Waals surface area contributed by atoms with Crippen LogP contribution in [0.4, 0.5) is 18.0 Å². The third-order valence-corrected chi connectivity index (χ3v) is 5.50. The number of nitrogens with zero attached hydrogens (tertiary/aromatic N) is 1. The van der Waals surface area contributed by atoms with Crippen LogP contribution in [-0.4, -0.2) is 41.9 Å². The zero-order valence-electron chi connectivity index (χ0n) is 19.6. The monoisotopic (exact) mass is 477 g/mol. The van der Waals surface area contributed by atoms with Gasteiger partial charge in [0.05, 0.1) is 17.0 Å². The number of allylic oxidation sites excluding steroid dienone is 2. The summed E-state index contributed by atoms with van der Waals surface area (Å²) in [7, 11) is 0. The van der Waals surface area contributed by atoms with E-state index in [1.165, 1.54) is 6.20 Å². The van der Waals surface area contributed by atoms with Gasteiger partial charge in [-0.05, 0) is 58.1 Å². The molecule has 1 aromatic carbocycles. The first kappa shape index (κ1) is 25.5. The molecule has 0 bridgehead atoms. The lowest BCUT2D eigenvalue weighted by atomic mass is 9.85. The molecular formula is C25H30F3N3O3. The van der Waals surface area contributed by atoms with Gasteiger partial charge in [0.1, 0.15) is 5.60 Å². The predicted octanol–water partition coefficient (Wildman–Crippen LogP) is 5.63. The summed E-state index contributed by atoms with van der Waals surface area (Å²) in [6.07, 6.45) is -0.643. The molecule has 34 heavy (non-hydrogen) atoms. The Hall–Kier alpha value is -3.10. The number of ether oxygens (including phenoxy) is 1. The van der Waals surface area contributed by atoms with E-state index in [0.29, 0.717) is 37.0 Å². The van der Waals surface area contributed by atoms with Crippen LogP contribution in [0, 0.1) is 5.92 Å². The Morgan fingerprint density at radius 3 is 2.53 bits per heavy atom. The molecule has 0 aliphatic heterocycles. The molecule has 3 rings (SSSR count). The number of rotatable bonds is 6. The van der Waals surface area contributed by atoms with E-state index in [1.807, 2.05) is 18.2 Å². The maximum atomic E-state index is 13.0. The maximum absolute atomic E-state index is 13.0. The summed E-state index contributed by atoms with van der Waals surface area (Å²) in [6, 6.07) is 7.23. The second-order valence-corrected chi connectivity index (χ2v) is 9.38. The lowest BCUT2D eigenvalue weighted by Gasteiger charge is -2.24. The van der Waals surface area contributed by atoms with Gasteiger partial charge < -0.3 is 15.4 Å². The van der Waals surface area contributed by atoms with E-state index in [4.69, 9.17) is 4.74 Å². The molecule has 9 heteroatoms. The summed E-state index contributed by atoms with van der Waals surface area (Å²) in [5.74, 6) is -1.59. The molecule has 184 valence electrons. The number of fused-ring (bicyclic) bond motifs is 1. The summed E-state index contributed by atoms with van der Waals surface area (Å²) < 4.78 is 44.0. The Morgan fingerprint density at radius 2 is 1.88 bits per heavy atom. The number of hydrogen-bond acceptors (Lipinski definition) is 4. The highest BCUT2D eigenvalue weighted by molar-refractivity contribution is 5.99. The van der Waals surface area contributed by atoms with E-state index in [-0.39, 0.29) is 18.7 Å². The van der Waals surface area contributed by atoms with Crippen LogP contribution in [0.5, 0.6) is 0 Å². The van der Waals surface area contributed by atoms with Gasteiger partial charge in [0.2, 0.25) is 0 Å². The Bertz CT molecular complexity index is 1070. The van der Waals surface area contributed by atoms with Crippen LogP contribution in [0.1, 0.15) is 62.4 Å². The van der Waals surface area contributed by atoms with E-state index < -0.39 is 23.8 Å². The average molecular weight is 478 g/mol. The molecule has 1 atom stereocenters. The first-order valence-electron chi connectivity index (χ1n) is 11.3. The van der Waals surface area contributed by atoms with Crippen molar-refractivity contribution >= 4 is 28.5 Å². The van der Waals surface area contributed by atoms with E-state index in [9.17, 15) is 22.8 Å². The smallest absolute Gasteiger partial charge is 0.407 e. The molecule has 0 saturated carbocycles. The molecule has 0 radical (unpaired) electrons. The molecule has 1 aliphatic carbocycles. The molecule has 6 nitrogen and oxygen atoms in total. The van der Waals surface area contributed by atoms with E-state index in [2.05, 4.69) is 15.6 Å². The summed E-state index contributed by atoms with van der Waals surface area (Å²) in [6.45, 7) is 6.06. The number of benzene rings is 1. The van der Waals surface area contributed by atoms with Crippen LogP contribution in [0.25, 0.3) is 16.5 Å². The highest BCUT2D eigenvalue weighted by atomic mass is 19.4. The number of amides is 2. The normalized spacial score (nSPS) is 16.6. The number of alkyl halides is 3. The third kappa shape index (κ3) is 6.95. The maximum Gasteiger partial charge on any atom is 0.407 e. The predicted molar refractivity (Wildman–Crippen MR) is 124 cm³/mol. The van der Waals surface area contributed by atoms with Crippen molar-refractivity contribution in [3.63, 3.8) is 0 Å². The lowest BCUT2D eigenvalue weighted by Crippen LogP contribution is -2.34. The SMILES string of the molecule is CC(C)(C)OC(=O)NCCCNC(=O)c1cnc2c(C3=CCC(C(F)(F)F)CC3)cccc2c1. The van der Waals surface area contributed by atoms with Gasteiger partial charge >= 0.3 is 12.3 Å². The van der Waals surface area contributed by atoms with Crippen molar-refractivity contribution < 1.29 is 27.5 Å². The standard InChI is InChI=1S/C25H30F3N3O3/c1-24(2,3)34-23(33)30-13-5-12-29-22(32)18-14-17-6-4-7-20(21(17)31-15-18)16-8-10-19(11-9-16)25(26,27)28/h4,6-8,14-15,19H,5,9-13H2,1-3H3,(H,29,32)(H,30,33). The van der Waals surface area contributed by atoms with Gasteiger partial charge in [-0.15, -0.1) is 0 Å². The van der Waals surface area contributed by atoms with Gasteiger partial charge in [0.15, 0.2) is 0 Å². The number of aromatic nitrogens is 1. The van der Waals surface area contributed by atoms with Gasteiger partial charge in [0.25, 0.3) is 5.91 Å². The fourth-order valence-electron chi connectivity index (χ4n) is 3.82. The second-order valence-electron chi connectivity index (χ2n) is 9.38. The van der Waals surface area contributed by atoms with Gasteiger partial charge in [0, 0.05) is 30.2 Å². The molecule has 1 heterocycles. The Kier molecular flexibility index (Phi) is 7.84. The van der Waals surface area contributed by atoms with E-state index in [0.717, 1.165) is 16.5 Å². The van der Waals surface area contributed by atoms with E-state index >= 15 is 0 Å².